The summed E-state index contributed by atoms with van der Waals surface area (Å²) in [5.41, 5.74) is -1.53. The van der Waals surface area contributed by atoms with E-state index in [1.54, 1.807) is 0 Å². The molecule has 1 aromatic rings. The fraction of sp³-hybridized carbons (Fsp3) is 0.588. The first-order valence-corrected chi connectivity index (χ1v) is 9.90. The Balaban J connectivity index is 1.92. The molecular weight excluding hydrogens is 365 g/mol. The number of aliphatic hydroxyl groups excluding tert-OH is 1. The maximum atomic E-state index is 13.9. The Morgan fingerprint density at radius 2 is 2.08 bits per heavy atom. The summed E-state index contributed by atoms with van der Waals surface area (Å²) in [5, 5.41) is 20.1. The van der Waals surface area contributed by atoms with Crippen LogP contribution in [-0.4, -0.2) is 55.2 Å². The summed E-state index contributed by atoms with van der Waals surface area (Å²) in [6, 6.07) is 3.31. The van der Waals surface area contributed by atoms with Gasteiger partial charge in [-0.05, 0) is 37.0 Å². The van der Waals surface area contributed by atoms with Crippen LogP contribution in [0.4, 0.5) is 4.39 Å². The molecule has 1 aliphatic heterocycles. The van der Waals surface area contributed by atoms with E-state index in [0.29, 0.717) is 0 Å². The van der Waals surface area contributed by atoms with E-state index in [-0.39, 0.29) is 42.5 Å². The van der Waals surface area contributed by atoms with Crippen molar-refractivity contribution >= 4 is 16.0 Å². The number of carboxylic acids is 1. The molecule has 1 aromatic carbocycles. The molecule has 9 heteroatoms. The van der Waals surface area contributed by atoms with Crippen LogP contribution in [0.25, 0.3) is 0 Å². The lowest BCUT2D eigenvalue weighted by Gasteiger charge is -2.42. The number of aliphatic hydroxyl groups is 1. The van der Waals surface area contributed by atoms with Gasteiger partial charge in [-0.15, -0.1) is 0 Å². The Hall–Kier alpha value is -1.71. The lowest BCUT2D eigenvalue weighted by atomic mass is 9.74. The molecular formula is C17H22FNO6S. The summed E-state index contributed by atoms with van der Waals surface area (Å²) < 4.78 is 45.6. The first kappa shape index (κ1) is 19.1. The van der Waals surface area contributed by atoms with Crippen LogP contribution in [0.1, 0.15) is 25.7 Å². The summed E-state index contributed by atoms with van der Waals surface area (Å²) in [6.07, 6.45) is 0.930. The topological polar surface area (TPSA) is 104 Å². The molecule has 26 heavy (non-hydrogen) atoms. The molecule has 144 valence electrons. The molecule has 0 spiro atoms. The second-order valence-corrected chi connectivity index (χ2v) is 8.99. The predicted octanol–water partition coefficient (Wildman–Crippen LogP) is 1.46. The van der Waals surface area contributed by atoms with Crippen LogP contribution in [0.5, 0.6) is 5.75 Å². The summed E-state index contributed by atoms with van der Waals surface area (Å²) in [6.45, 7) is -0.340. The average Bonchev–Trinajstić information content (AvgIpc) is 3.40. The molecule has 7 nitrogen and oxygen atoms in total. The minimum Gasteiger partial charge on any atom is -0.494 e. The van der Waals surface area contributed by atoms with Gasteiger partial charge in [0.25, 0.3) is 0 Å². The van der Waals surface area contributed by atoms with Gasteiger partial charge in [0.15, 0.2) is 11.6 Å². The average molecular weight is 387 g/mol. The summed E-state index contributed by atoms with van der Waals surface area (Å²) >= 11 is 0. The Labute approximate surface area is 151 Å². The third-order valence-corrected chi connectivity index (χ3v) is 7.13. The number of ether oxygens (including phenoxy) is 1. The molecule has 0 unspecified atom stereocenters. The van der Waals surface area contributed by atoms with Crippen molar-refractivity contribution in [1.82, 2.24) is 4.31 Å². The highest BCUT2D eigenvalue weighted by atomic mass is 32.2. The van der Waals surface area contributed by atoms with Gasteiger partial charge in [0.2, 0.25) is 10.0 Å². The van der Waals surface area contributed by atoms with E-state index < -0.39 is 33.3 Å². The van der Waals surface area contributed by atoms with Gasteiger partial charge in [-0.2, -0.15) is 4.31 Å². The zero-order valence-corrected chi connectivity index (χ0v) is 15.2. The van der Waals surface area contributed by atoms with Crippen LogP contribution in [-0.2, 0) is 14.8 Å². The van der Waals surface area contributed by atoms with Crippen molar-refractivity contribution in [2.45, 2.75) is 36.7 Å². The molecule has 1 saturated carbocycles. The van der Waals surface area contributed by atoms with Gasteiger partial charge in [0.1, 0.15) is 5.41 Å². The Morgan fingerprint density at radius 1 is 1.38 bits per heavy atom. The largest absolute Gasteiger partial charge is 0.494 e. The predicted molar refractivity (Wildman–Crippen MR) is 89.7 cm³/mol. The van der Waals surface area contributed by atoms with Gasteiger partial charge in [-0.3, -0.25) is 4.79 Å². The highest BCUT2D eigenvalue weighted by Crippen LogP contribution is 2.45. The minimum absolute atomic E-state index is 0.0170. The highest BCUT2D eigenvalue weighted by Gasteiger charge is 2.53. The molecule has 0 amide bonds. The van der Waals surface area contributed by atoms with E-state index >= 15 is 0 Å². The molecule has 1 saturated heterocycles. The first-order valence-electron chi connectivity index (χ1n) is 8.46. The van der Waals surface area contributed by atoms with Crippen LogP contribution in [0.15, 0.2) is 23.1 Å². The highest BCUT2D eigenvalue weighted by molar-refractivity contribution is 7.89. The number of rotatable bonds is 6. The molecule has 3 rings (SSSR count). The van der Waals surface area contributed by atoms with Crippen molar-refractivity contribution in [3.05, 3.63) is 24.0 Å². The number of carboxylic acid groups (broad SMARTS) is 1. The maximum Gasteiger partial charge on any atom is 0.313 e. The van der Waals surface area contributed by atoms with Crippen molar-refractivity contribution in [2.75, 3.05) is 20.2 Å². The quantitative estimate of drug-likeness (QED) is 0.766. The number of carbonyl (C=O) groups is 1. The number of hydrogen-bond donors (Lipinski definition) is 2. The van der Waals surface area contributed by atoms with Gasteiger partial charge in [0, 0.05) is 13.1 Å². The molecule has 0 radical (unpaired) electrons. The Morgan fingerprint density at radius 3 is 2.62 bits per heavy atom. The van der Waals surface area contributed by atoms with Gasteiger partial charge < -0.3 is 14.9 Å². The van der Waals surface area contributed by atoms with Crippen molar-refractivity contribution in [2.24, 2.45) is 11.3 Å². The Bertz CT molecular complexity index is 809. The lowest BCUT2D eigenvalue weighted by molar-refractivity contribution is -0.162. The number of benzene rings is 1. The molecule has 2 N–H and O–H groups in total. The standard InChI is InChI=1S/C17H22FNO6S/c1-25-14-5-4-12(8-13(14)18)26(23,24)19-7-6-15(20)17(10-19,16(21)22)9-11-2-3-11/h4-5,8,11,15,20H,2-3,6-7,9-10H2,1H3,(H,21,22)/t15-,17+/m1/s1. The molecule has 2 atom stereocenters. The zero-order valence-electron chi connectivity index (χ0n) is 14.4. The SMILES string of the molecule is COc1ccc(S(=O)(=O)N2CC[C@@H](O)[C@@](CC3CC3)(C(=O)O)C2)cc1F. The van der Waals surface area contributed by atoms with E-state index in [4.69, 9.17) is 4.74 Å². The normalized spacial score (nSPS) is 27.3. The third-order valence-electron chi connectivity index (χ3n) is 5.29. The van der Waals surface area contributed by atoms with Gasteiger partial charge in [-0.25, -0.2) is 12.8 Å². The second-order valence-electron chi connectivity index (χ2n) is 7.05. The molecule has 2 aliphatic rings. The summed E-state index contributed by atoms with van der Waals surface area (Å²) in [5.74, 6) is -1.89. The summed E-state index contributed by atoms with van der Waals surface area (Å²) in [7, 11) is -2.81. The van der Waals surface area contributed by atoms with E-state index in [9.17, 15) is 27.8 Å². The number of piperidine rings is 1. The fourth-order valence-electron chi connectivity index (χ4n) is 3.54. The van der Waals surface area contributed by atoms with Crippen molar-refractivity contribution in [3.63, 3.8) is 0 Å². The van der Waals surface area contributed by atoms with Crippen LogP contribution < -0.4 is 4.74 Å². The van der Waals surface area contributed by atoms with Crippen LogP contribution in [0.2, 0.25) is 0 Å². The number of sulfonamides is 1. The second kappa shape index (κ2) is 6.79. The smallest absolute Gasteiger partial charge is 0.313 e. The first-order chi connectivity index (χ1) is 12.2. The van der Waals surface area contributed by atoms with E-state index in [2.05, 4.69) is 0 Å². The number of hydrogen-bond acceptors (Lipinski definition) is 5. The third kappa shape index (κ3) is 3.30. The lowest BCUT2D eigenvalue weighted by Crippen LogP contribution is -2.57. The molecule has 0 aromatic heterocycles. The molecule has 1 aliphatic carbocycles. The van der Waals surface area contributed by atoms with E-state index in [1.807, 2.05) is 0 Å². The number of methoxy groups -OCH3 is 1. The number of halogens is 1. The van der Waals surface area contributed by atoms with Crippen molar-refractivity contribution in [1.29, 1.82) is 0 Å². The van der Waals surface area contributed by atoms with E-state index in [1.165, 1.54) is 19.2 Å². The van der Waals surface area contributed by atoms with Crippen LogP contribution in [0, 0.1) is 17.2 Å². The van der Waals surface area contributed by atoms with Gasteiger partial charge in [0.05, 0.1) is 18.1 Å². The number of aliphatic carboxylic acids is 1. The molecule has 1 heterocycles. The van der Waals surface area contributed by atoms with Crippen LogP contribution in [0.3, 0.4) is 0 Å². The minimum atomic E-state index is -4.09. The van der Waals surface area contributed by atoms with E-state index in [0.717, 1.165) is 23.2 Å². The molecule has 0 bridgehead atoms. The zero-order chi connectivity index (χ0) is 19.1. The fourth-order valence-corrected chi connectivity index (χ4v) is 5.08. The monoisotopic (exact) mass is 387 g/mol. The van der Waals surface area contributed by atoms with Gasteiger partial charge >= 0.3 is 5.97 Å². The Kier molecular flexibility index (Phi) is 4.98. The number of nitrogens with zero attached hydrogens (tertiary/aromatic N) is 1. The summed E-state index contributed by atoms with van der Waals surface area (Å²) in [4.78, 5) is 11.7. The molecule has 2 fully saturated rings. The van der Waals surface area contributed by atoms with Crippen molar-refractivity contribution in [3.8, 4) is 5.75 Å². The van der Waals surface area contributed by atoms with Crippen LogP contribution >= 0.6 is 0 Å². The van der Waals surface area contributed by atoms with Gasteiger partial charge in [-0.1, -0.05) is 12.8 Å². The maximum absolute atomic E-state index is 13.9. The van der Waals surface area contributed by atoms with Crippen molar-refractivity contribution < 1.29 is 32.6 Å².